The van der Waals surface area contributed by atoms with Gasteiger partial charge in [-0.25, -0.2) is 4.79 Å². The summed E-state index contributed by atoms with van der Waals surface area (Å²) in [6, 6.07) is 17.2. The molecule has 2 aromatic rings. The van der Waals surface area contributed by atoms with Crippen molar-refractivity contribution in [2.75, 3.05) is 26.7 Å². The van der Waals surface area contributed by atoms with Gasteiger partial charge in [0.2, 0.25) is 0 Å². The van der Waals surface area contributed by atoms with E-state index in [0.717, 1.165) is 26.2 Å². The van der Waals surface area contributed by atoms with Crippen LogP contribution in [0.3, 0.4) is 0 Å². The monoisotopic (exact) mass is 393 g/mol. The lowest BCUT2D eigenvalue weighted by molar-refractivity contribution is 0.0600. The third-order valence-corrected chi connectivity index (χ3v) is 6.33. The van der Waals surface area contributed by atoms with E-state index in [2.05, 4.69) is 46.9 Å². The smallest absolute Gasteiger partial charge is 0.337 e. The fourth-order valence-electron chi connectivity index (χ4n) is 4.84. The molecule has 2 heterocycles. The van der Waals surface area contributed by atoms with E-state index in [4.69, 9.17) is 4.74 Å². The Bertz CT molecular complexity index is 836. The van der Waals surface area contributed by atoms with Gasteiger partial charge in [0.25, 0.3) is 0 Å². The maximum absolute atomic E-state index is 11.6. The minimum atomic E-state index is -0.281. The molecule has 0 aliphatic carbocycles. The van der Waals surface area contributed by atoms with Crippen molar-refractivity contribution in [3.8, 4) is 0 Å². The zero-order valence-corrected chi connectivity index (χ0v) is 17.4. The van der Waals surface area contributed by atoms with E-state index in [-0.39, 0.29) is 5.97 Å². The van der Waals surface area contributed by atoms with Gasteiger partial charge in [0.05, 0.1) is 12.7 Å². The van der Waals surface area contributed by atoms with E-state index in [1.807, 2.05) is 24.3 Å². The molecule has 4 rings (SSSR count). The molecule has 154 valence electrons. The molecule has 0 amide bonds. The maximum Gasteiger partial charge on any atom is 0.337 e. The van der Waals surface area contributed by atoms with Gasteiger partial charge < -0.3 is 4.74 Å². The number of nitrogens with one attached hydrogen (secondary N) is 2. The number of benzene rings is 2. The number of nitrogens with zero attached hydrogens (tertiary/aromatic N) is 1. The van der Waals surface area contributed by atoms with Crippen molar-refractivity contribution in [3.63, 3.8) is 0 Å². The summed E-state index contributed by atoms with van der Waals surface area (Å²) in [7, 11) is 1.42. The molecule has 3 unspecified atom stereocenters. The number of aryl methyl sites for hydroxylation is 1. The first-order valence-corrected chi connectivity index (χ1v) is 10.6. The Morgan fingerprint density at radius 1 is 1.21 bits per heavy atom. The summed E-state index contributed by atoms with van der Waals surface area (Å²) in [6.07, 6.45) is 2.49. The number of hydrazine groups is 1. The second kappa shape index (κ2) is 9.08. The SMILES string of the molecule is COC(=O)c1ccc(CN2CCCC(C3NNCC3c3cccc(C)c3)C2)cc1. The predicted molar refractivity (Wildman–Crippen MR) is 115 cm³/mol. The molecule has 0 radical (unpaired) electrons. The minimum Gasteiger partial charge on any atom is -0.465 e. The summed E-state index contributed by atoms with van der Waals surface area (Å²) in [5.74, 6) is 0.856. The van der Waals surface area contributed by atoms with Crippen molar-refractivity contribution < 1.29 is 9.53 Å². The first kappa shape index (κ1) is 20.1. The van der Waals surface area contributed by atoms with Crippen LogP contribution in [0.5, 0.6) is 0 Å². The van der Waals surface area contributed by atoms with Crippen LogP contribution >= 0.6 is 0 Å². The van der Waals surface area contributed by atoms with Crippen LogP contribution in [0.1, 0.15) is 45.8 Å². The number of ether oxygens (including phenoxy) is 1. The molecule has 3 atom stereocenters. The van der Waals surface area contributed by atoms with Gasteiger partial charge in [-0.1, -0.05) is 42.0 Å². The molecule has 0 aromatic heterocycles. The Morgan fingerprint density at radius 2 is 2.03 bits per heavy atom. The van der Waals surface area contributed by atoms with E-state index >= 15 is 0 Å². The van der Waals surface area contributed by atoms with Gasteiger partial charge in [-0.3, -0.25) is 15.8 Å². The van der Waals surface area contributed by atoms with Crippen LogP contribution in [0.4, 0.5) is 0 Å². The highest BCUT2D eigenvalue weighted by Crippen LogP contribution is 2.32. The quantitative estimate of drug-likeness (QED) is 0.764. The van der Waals surface area contributed by atoms with E-state index in [1.165, 1.54) is 36.6 Å². The molecule has 0 spiro atoms. The Hall–Kier alpha value is -2.21. The third kappa shape index (κ3) is 4.69. The average Bonchev–Trinajstić information content (AvgIpc) is 3.24. The normalized spacial score (nSPS) is 25.1. The molecule has 5 heteroatoms. The first-order chi connectivity index (χ1) is 14.1. The van der Waals surface area contributed by atoms with E-state index in [1.54, 1.807) is 0 Å². The summed E-state index contributed by atoms with van der Waals surface area (Å²) in [5, 5.41) is 0. The number of carbonyl (C=O) groups excluding carboxylic acids is 1. The number of piperidine rings is 1. The van der Waals surface area contributed by atoms with Crippen LogP contribution in [0.15, 0.2) is 48.5 Å². The average molecular weight is 394 g/mol. The summed E-state index contributed by atoms with van der Waals surface area (Å²) in [6.45, 7) is 6.31. The lowest BCUT2D eigenvalue weighted by atomic mass is 9.81. The fraction of sp³-hybridized carbons (Fsp3) is 0.458. The van der Waals surface area contributed by atoms with Crippen molar-refractivity contribution in [1.29, 1.82) is 0 Å². The second-order valence-corrected chi connectivity index (χ2v) is 8.40. The third-order valence-electron chi connectivity index (χ3n) is 6.33. The van der Waals surface area contributed by atoms with Crippen molar-refractivity contribution >= 4 is 5.97 Å². The molecule has 2 fully saturated rings. The van der Waals surface area contributed by atoms with Gasteiger partial charge in [-0.15, -0.1) is 0 Å². The van der Waals surface area contributed by atoms with Crippen molar-refractivity contribution in [2.24, 2.45) is 5.92 Å². The van der Waals surface area contributed by atoms with Crippen molar-refractivity contribution in [3.05, 3.63) is 70.8 Å². The summed E-state index contributed by atoms with van der Waals surface area (Å²) < 4.78 is 4.79. The Morgan fingerprint density at radius 3 is 2.79 bits per heavy atom. The molecule has 2 saturated heterocycles. The number of hydrogen-bond acceptors (Lipinski definition) is 5. The van der Waals surface area contributed by atoms with E-state index in [0.29, 0.717) is 23.4 Å². The lowest BCUT2D eigenvalue weighted by Gasteiger charge is -2.37. The Labute approximate surface area is 173 Å². The standard InChI is InChI=1S/C24H31N3O2/c1-17-5-3-6-20(13-17)22-14-25-26-23(22)21-7-4-12-27(16-21)15-18-8-10-19(11-9-18)24(28)29-2/h3,5-6,8-11,13,21-23,25-26H,4,7,12,14-16H2,1-2H3. The zero-order valence-electron chi connectivity index (χ0n) is 17.4. The minimum absolute atomic E-state index is 0.281. The lowest BCUT2D eigenvalue weighted by Crippen LogP contribution is -2.46. The zero-order chi connectivity index (χ0) is 20.2. The van der Waals surface area contributed by atoms with Gasteiger partial charge in [0.1, 0.15) is 0 Å². The van der Waals surface area contributed by atoms with Gasteiger partial charge in [-0.05, 0) is 55.5 Å². The molecule has 2 aliphatic heterocycles. The summed E-state index contributed by atoms with van der Waals surface area (Å²) in [4.78, 5) is 14.2. The molecular formula is C24H31N3O2. The number of likely N-dealkylation sites (tertiary alicyclic amines) is 1. The number of esters is 1. The van der Waals surface area contributed by atoms with E-state index in [9.17, 15) is 4.79 Å². The van der Waals surface area contributed by atoms with Gasteiger partial charge in [0.15, 0.2) is 0 Å². The topological polar surface area (TPSA) is 53.6 Å². The molecule has 0 saturated carbocycles. The molecule has 5 nitrogen and oxygen atoms in total. The van der Waals surface area contributed by atoms with Crippen LogP contribution in [-0.2, 0) is 11.3 Å². The largest absolute Gasteiger partial charge is 0.465 e. The highest BCUT2D eigenvalue weighted by Gasteiger charge is 2.36. The first-order valence-electron chi connectivity index (χ1n) is 10.6. The van der Waals surface area contributed by atoms with Crippen LogP contribution < -0.4 is 10.9 Å². The van der Waals surface area contributed by atoms with Crippen LogP contribution in [0.2, 0.25) is 0 Å². The Balaban J connectivity index is 1.41. The predicted octanol–water partition coefficient (Wildman–Crippen LogP) is 3.25. The summed E-state index contributed by atoms with van der Waals surface area (Å²) >= 11 is 0. The highest BCUT2D eigenvalue weighted by molar-refractivity contribution is 5.89. The maximum atomic E-state index is 11.6. The van der Waals surface area contributed by atoms with Gasteiger partial charge in [-0.2, -0.15) is 0 Å². The van der Waals surface area contributed by atoms with Gasteiger partial charge >= 0.3 is 5.97 Å². The summed E-state index contributed by atoms with van der Waals surface area (Å²) in [5.41, 5.74) is 11.6. The van der Waals surface area contributed by atoms with Crippen molar-refractivity contribution in [1.82, 2.24) is 15.8 Å². The molecular weight excluding hydrogens is 362 g/mol. The van der Waals surface area contributed by atoms with Crippen LogP contribution in [0, 0.1) is 12.8 Å². The fourth-order valence-corrected chi connectivity index (χ4v) is 4.84. The van der Waals surface area contributed by atoms with E-state index < -0.39 is 0 Å². The second-order valence-electron chi connectivity index (χ2n) is 8.40. The number of methoxy groups -OCH3 is 1. The van der Waals surface area contributed by atoms with Crippen LogP contribution in [-0.4, -0.2) is 43.7 Å². The number of rotatable bonds is 5. The number of carbonyl (C=O) groups is 1. The highest BCUT2D eigenvalue weighted by atomic mass is 16.5. The molecule has 2 N–H and O–H groups in total. The molecule has 2 aromatic carbocycles. The van der Waals surface area contributed by atoms with Crippen molar-refractivity contribution in [2.45, 2.75) is 38.3 Å². The number of hydrogen-bond donors (Lipinski definition) is 2. The van der Waals surface area contributed by atoms with Crippen LogP contribution in [0.25, 0.3) is 0 Å². The molecule has 2 aliphatic rings. The van der Waals surface area contributed by atoms with Gasteiger partial charge in [0, 0.05) is 31.6 Å². The molecule has 0 bridgehead atoms. The Kier molecular flexibility index (Phi) is 6.28. The molecule has 29 heavy (non-hydrogen) atoms.